The lowest BCUT2D eigenvalue weighted by Crippen LogP contribution is -2.62. The van der Waals surface area contributed by atoms with Crippen molar-refractivity contribution in [3.8, 4) is 0 Å². The molecule has 0 spiro atoms. The summed E-state index contributed by atoms with van der Waals surface area (Å²) < 4.78 is 21.4. The number of carbonyl (C=O) groups is 1. The van der Waals surface area contributed by atoms with Crippen molar-refractivity contribution in [3.05, 3.63) is 0 Å². The van der Waals surface area contributed by atoms with Crippen molar-refractivity contribution in [3.63, 3.8) is 0 Å². The summed E-state index contributed by atoms with van der Waals surface area (Å²) in [5.74, 6) is -0.440. The number of hydrogen-bond acceptors (Lipinski definition) is 14. The molecule has 0 aromatic rings. The van der Waals surface area contributed by atoms with Gasteiger partial charge >= 0.3 is 0 Å². The summed E-state index contributed by atoms with van der Waals surface area (Å²) in [5.41, 5.74) is 0. The molecule has 10 N–H and O–H groups in total. The molecule has 2 aliphatic rings. The molecule has 10 unspecified atom stereocenters. The van der Waals surface area contributed by atoms with E-state index in [1.54, 1.807) is 6.92 Å². The normalized spacial score (nSPS) is 40.7. The van der Waals surface area contributed by atoms with Crippen LogP contribution in [0.25, 0.3) is 0 Å². The Morgan fingerprint density at radius 3 is 1.89 bits per heavy atom. The van der Waals surface area contributed by atoms with Gasteiger partial charge in [0.1, 0.15) is 54.9 Å². The summed E-state index contributed by atoms with van der Waals surface area (Å²) in [6, 6.07) is -1.09. The molecule has 2 heterocycles. The van der Waals surface area contributed by atoms with Crippen LogP contribution in [0.5, 0.6) is 0 Å². The van der Waals surface area contributed by atoms with E-state index < -0.39 is 105 Å². The van der Waals surface area contributed by atoms with Gasteiger partial charge in [-0.25, -0.2) is 0 Å². The average Bonchev–Trinajstić information content (AvgIpc) is 2.84. The zero-order chi connectivity index (χ0) is 26.4. The second-order valence-electron chi connectivity index (χ2n) is 8.64. The first-order chi connectivity index (χ1) is 16.4. The lowest BCUT2D eigenvalue weighted by Gasteiger charge is -2.43. The smallest absolute Gasteiger partial charge is 0.220 e. The molecule has 0 aromatic carbocycles. The molecule has 35 heavy (non-hydrogen) atoms. The maximum Gasteiger partial charge on any atom is 0.220 e. The molecule has 0 saturated carbocycles. The van der Waals surface area contributed by atoms with Crippen molar-refractivity contribution >= 4 is 5.91 Å². The van der Waals surface area contributed by atoms with Crippen LogP contribution in [-0.2, 0) is 23.7 Å². The lowest BCUT2D eigenvalue weighted by molar-refractivity contribution is -0.331. The number of rotatable bonds is 11. The van der Waals surface area contributed by atoms with Crippen molar-refractivity contribution in [1.29, 1.82) is 0 Å². The third-order valence-electron chi connectivity index (χ3n) is 5.96. The number of aliphatic hydroxyl groups is 9. The van der Waals surface area contributed by atoms with Gasteiger partial charge in [0.25, 0.3) is 0 Å². The zero-order valence-electron chi connectivity index (χ0n) is 19.4. The van der Waals surface area contributed by atoms with Gasteiger partial charge in [-0.15, -0.1) is 0 Å². The van der Waals surface area contributed by atoms with Gasteiger partial charge in [-0.1, -0.05) is 6.92 Å². The Labute approximate surface area is 201 Å². The van der Waals surface area contributed by atoms with Gasteiger partial charge in [0.2, 0.25) is 5.91 Å². The van der Waals surface area contributed by atoms with Crippen LogP contribution >= 0.6 is 0 Å². The fourth-order valence-electron chi connectivity index (χ4n) is 3.66. The number of carbonyl (C=O) groups excluding carboxylic acids is 1. The van der Waals surface area contributed by atoms with Crippen molar-refractivity contribution in [2.75, 3.05) is 19.8 Å². The first-order valence-corrected chi connectivity index (χ1v) is 11.3. The third-order valence-corrected chi connectivity index (χ3v) is 5.96. The monoisotopic (exact) mass is 515 g/mol. The summed E-state index contributed by atoms with van der Waals surface area (Å²) >= 11 is 0. The molecule has 1 amide bonds. The van der Waals surface area contributed by atoms with Crippen LogP contribution in [-0.4, -0.2) is 151 Å². The Morgan fingerprint density at radius 2 is 1.37 bits per heavy atom. The van der Waals surface area contributed by atoms with E-state index in [2.05, 4.69) is 5.32 Å². The largest absolute Gasteiger partial charge is 0.394 e. The minimum absolute atomic E-state index is 0.0911. The molecule has 2 rings (SSSR count). The van der Waals surface area contributed by atoms with Crippen LogP contribution in [0.3, 0.4) is 0 Å². The second-order valence-corrected chi connectivity index (χ2v) is 8.64. The van der Waals surface area contributed by atoms with Crippen LogP contribution < -0.4 is 5.32 Å². The Balaban J connectivity index is 2.02. The zero-order valence-corrected chi connectivity index (χ0v) is 19.4. The number of ether oxygens (including phenoxy) is 4. The molecule has 2 saturated heterocycles. The highest BCUT2D eigenvalue weighted by atomic mass is 16.7. The minimum Gasteiger partial charge on any atom is -0.394 e. The molecule has 0 bridgehead atoms. The van der Waals surface area contributed by atoms with Gasteiger partial charge in [-0.3, -0.25) is 4.79 Å². The maximum atomic E-state index is 11.8. The van der Waals surface area contributed by atoms with E-state index in [0.717, 1.165) is 0 Å². The van der Waals surface area contributed by atoms with Crippen molar-refractivity contribution < 1.29 is 69.7 Å². The fourth-order valence-corrected chi connectivity index (χ4v) is 3.66. The van der Waals surface area contributed by atoms with Gasteiger partial charge < -0.3 is 70.2 Å². The van der Waals surface area contributed by atoms with Gasteiger partial charge in [-0.2, -0.15) is 0 Å². The van der Waals surface area contributed by atoms with Crippen molar-refractivity contribution in [1.82, 2.24) is 5.32 Å². The molecule has 2 fully saturated rings. The summed E-state index contributed by atoms with van der Waals surface area (Å²) in [6.07, 6.45) is -18.4. The van der Waals surface area contributed by atoms with Gasteiger partial charge in [0.05, 0.1) is 32.0 Å². The highest BCUT2D eigenvalue weighted by Gasteiger charge is 2.47. The number of aliphatic hydroxyl groups excluding tert-OH is 9. The predicted octanol–water partition coefficient (Wildman–Crippen LogP) is -5.74. The summed E-state index contributed by atoms with van der Waals surface area (Å²) in [5, 5.41) is 92.0. The van der Waals surface area contributed by atoms with E-state index in [9.17, 15) is 50.8 Å². The van der Waals surface area contributed by atoms with Crippen LogP contribution in [0.1, 0.15) is 20.3 Å². The molecule has 0 aliphatic carbocycles. The molecular weight excluding hydrogens is 478 g/mol. The molecule has 13 atom stereocenters. The Hall–Kier alpha value is -1.05. The lowest BCUT2D eigenvalue weighted by atomic mass is 9.98. The summed E-state index contributed by atoms with van der Waals surface area (Å²) in [7, 11) is 0. The van der Waals surface area contributed by atoms with Gasteiger partial charge in [-0.05, 0) is 6.92 Å². The molecule has 206 valence electrons. The van der Waals surface area contributed by atoms with Gasteiger partial charge in [0.15, 0.2) is 12.6 Å². The summed E-state index contributed by atoms with van der Waals surface area (Å²) in [6.45, 7) is 1.21. The van der Waals surface area contributed by atoms with E-state index in [1.807, 2.05) is 0 Å². The van der Waals surface area contributed by atoms with Crippen LogP contribution in [0.15, 0.2) is 0 Å². The van der Waals surface area contributed by atoms with Gasteiger partial charge in [0, 0.05) is 6.42 Å². The van der Waals surface area contributed by atoms with E-state index in [-0.39, 0.29) is 6.42 Å². The summed E-state index contributed by atoms with van der Waals surface area (Å²) in [4.78, 5) is 11.8. The Kier molecular flexibility index (Phi) is 11.6. The molecule has 0 radical (unpaired) electrons. The van der Waals surface area contributed by atoms with E-state index in [1.165, 1.54) is 6.92 Å². The highest BCUT2D eigenvalue weighted by molar-refractivity contribution is 5.75. The van der Waals surface area contributed by atoms with Crippen molar-refractivity contribution in [2.24, 2.45) is 0 Å². The number of nitrogens with one attached hydrogen (secondary N) is 1. The maximum absolute atomic E-state index is 11.8. The van der Waals surface area contributed by atoms with Crippen LogP contribution in [0.4, 0.5) is 0 Å². The first-order valence-electron chi connectivity index (χ1n) is 11.3. The fraction of sp³-hybridized carbons (Fsp3) is 0.950. The standard InChI is InChI=1S/C20H37NO14/c1-3-11(24)21-8(12(25)7(2)23)5-32-19-18(31)16(29)14(27)10(35-19)6-33-20-17(30)15(28)13(26)9(4-22)34-20/h7-10,12-20,22-23,25-31H,3-6H2,1-2H3,(H,21,24)/t7-,8+,9?,10?,12-,13?,14?,15?,16?,17?,18?,19?,20?/m1/s1. The molecule has 15 heteroatoms. The Bertz CT molecular complexity index is 653. The number of amides is 1. The van der Waals surface area contributed by atoms with E-state index in [4.69, 9.17) is 18.9 Å². The molecule has 15 nitrogen and oxygen atoms in total. The van der Waals surface area contributed by atoms with Crippen LogP contribution in [0, 0.1) is 0 Å². The topological polar surface area (TPSA) is 248 Å². The van der Waals surface area contributed by atoms with Crippen LogP contribution in [0.2, 0.25) is 0 Å². The van der Waals surface area contributed by atoms with E-state index >= 15 is 0 Å². The third kappa shape index (κ3) is 7.48. The molecule has 0 aromatic heterocycles. The van der Waals surface area contributed by atoms with Crippen molar-refractivity contribution in [2.45, 2.75) is 99.9 Å². The quantitative estimate of drug-likeness (QED) is 0.123. The highest BCUT2D eigenvalue weighted by Crippen LogP contribution is 2.26. The van der Waals surface area contributed by atoms with E-state index in [0.29, 0.717) is 0 Å². The average molecular weight is 516 g/mol. The Morgan fingerprint density at radius 1 is 0.857 bits per heavy atom. The number of hydrogen-bond donors (Lipinski definition) is 10. The predicted molar refractivity (Wildman–Crippen MR) is 112 cm³/mol. The molecular formula is C20H37NO14. The molecule has 2 aliphatic heterocycles. The SMILES string of the molecule is CCC(=O)N[C@@H](COC1OC(COC2OC(CO)C(O)C(O)C2O)C(O)C(O)C1O)[C@H](O)[C@@H](C)O. The second kappa shape index (κ2) is 13.5. The first kappa shape index (κ1) is 30.2. The minimum atomic E-state index is -1.76.